The molecule has 1 fully saturated rings. The van der Waals surface area contributed by atoms with Crippen molar-refractivity contribution in [1.82, 2.24) is 10.2 Å². The second kappa shape index (κ2) is 7.75. The minimum absolute atomic E-state index is 0.198. The minimum Gasteiger partial charge on any atom is -0.390 e. The summed E-state index contributed by atoms with van der Waals surface area (Å²) in [6.07, 6.45) is -0.583. The van der Waals surface area contributed by atoms with Gasteiger partial charge in [-0.1, -0.05) is 11.6 Å². The van der Waals surface area contributed by atoms with E-state index < -0.39 is 6.10 Å². The second-order valence-corrected chi connectivity index (χ2v) is 5.65. The third-order valence-corrected chi connectivity index (χ3v) is 3.92. The van der Waals surface area contributed by atoms with Gasteiger partial charge in [0.05, 0.1) is 19.3 Å². The van der Waals surface area contributed by atoms with Crippen molar-refractivity contribution in [2.24, 2.45) is 0 Å². The maximum Gasteiger partial charge on any atom is 0.251 e. The zero-order chi connectivity index (χ0) is 15.2. The quantitative estimate of drug-likeness (QED) is 0.854. The first-order chi connectivity index (χ1) is 10.1. The Kier molecular flexibility index (Phi) is 5.99. The van der Waals surface area contributed by atoms with E-state index in [0.29, 0.717) is 30.3 Å². The SMILES string of the molecule is Cc1cc(C(=O)NC[C@H](O)CN2CCOCC2)ccc1Cl. The van der Waals surface area contributed by atoms with Gasteiger partial charge in [0.1, 0.15) is 0 Å². The number of morpholine rings is 1. The van der Waals surface area contributed by atoms with E-state index in [0.717, 1.165) is 18.7 Å². The molecule has 1 aliphatic rings. The lowest BCUT2D eigenvalue weighted by Gasteiger charge is -2.28. The fourth-order valence-electron chi connectivity index (χ4n) is 2.24. The van der Waals surface area contributed by atoms with Crippen molar-refractivity contribution >= 4 is 17.5 Å². The van der Waals surface area contributed by atoms with Gasteiger partial charge < -0.3 is 15.2 Å². The topological polar surface area (TPSA) is 61.8 Å². The average molecular weight is 313 g/mol. The number of aryl methyl sites for hydroxylation is 1. The van der Waals surface area contributed by atoms with Crippen molar-refractivity contribution in [3.63, 3.8) is 0 Å². The lowest BCUT2D eigenvalue weighted by molar-refractivity contribution is 0.0149. The molecule has 0 bridgehead atoms. The van der Waals surface area contributed by atoms with Gasteiger partial charge in [-0.25, -0.2) is 0 Å². The molecule has 1 saturated heterocycles. The number of aliphatic hydroxyl groups excluding tert-OH is 1. The summed E-state index contributed by atoms with van der Waals surface area (Å²) in [6, 6.07) is 5.13. The summed E-state index contributed by atoms with van der Waals surface area (Å²) < 4.78 is 5.25. The summed E-state index contributed by atoms with van der Waals surface area (Å²) >= 11 is 5.93. The van der Waals surface area contributed by atoms with Crippen LogP contribution in [0.15, 0.2) is 18.2 Å². The number of hydrogen-bond acceptors (Lipinski definition) is 4. The number of amides is 1. The number of halogens is 1. The number of aliphatic hydroxyl groups is 1. The van der Waals surface area contributed by atoms with E-state index in [2.05, 4.69) is 10.2 Å². The van der Waals surface area contributed by atoms with Crippen molar-refractivity contribution in [3.05, 3.63) is 34.3 Å². The normalized spacial score (nSPS) is 17.5. The van der Waals surface area contributed by atoms with Crippen LogP contribution in [0.25, 0.3) is 0 Å². The van der Waals surface area contributed by atoms with Gasteiger partial charge in [0.15, 0.2) is 0 Å². The molecule has 1 aliphatic heterocycles. The molecule has 2 rings (SSSR count). The third kappa shape index (κ3) is 4.97. The molecule has 1 atom stereocenters. The summed E-state index contributed by atoms with van der Waals surface area (Å²) in [7, 11) is 0. The van der Waals surface area contributed by atoms with Crippen LogP contribution in [-0.4, -0.2) is 61.4 Å². The number of nitrogens with one attached hydrogen (secondary N) is 1. The molecule has 21 heavy (non-hydrogen) atoms. The molecule has 0 aromatic heterocycles. The van der Waals surface area contributed by atoms with Crippen molar-refractivity contribution in [1.29, 1.82) is 0 Å². The smallest absolute Gasteiger partial charge is 0.251 e. The Morgan fingerprint density at radius 1 is 1.48 bits per heavy atom. The van der Waals surface area contributed by atoms with Crippen LogP contribution in [0.3, 0.4) is 0 Å². The van der Waals surface area contributed by atoms with Gasteiger partial charge in [-0.2, -0.15) is 0 Å². The first-order valence-corrected chi connectivity index (χ1v) is 7.46. The van der Waals surface area contributed by atoms with Crippen LogP contribution in [0.2, 0.25) is 5.02 Å². The molecular weight excluding hydrogens is 292 g/mol. The van der Waals surface area contributed by atoms with E-state index in [1.165, 1.54) is 0 Å². The number of β-amino-alcohol motifs (C(OH)–C–C–N with tert-alkyl or cyclic N) is 1. The molecule has 6 heteroatoms. The highest BCUT2D eigenvalue weighted by atomic mass is 35.5. The van der Waals surface area contributed by atoms with Gasteiger partial charge in [-0.05, 0) is 30.7 Å². The lowest BCUT2D eigenvalue weighted by atomic mass is 10.1. The molecule has 1 heterocycles. The maximum absolute atomic E-state index is 12.0. The summed E-state index contributed by atoms with van der Waals surface area (Å²) in [4.78, 5) is 14.1. The van der Waals surface area contributed by atoms with Crippen LogP contribution < -0.4 is 5.32 Å². The van der Waals surface area contributed by atoms with Gasteiger partial charge >= 0.3 is 0 Å². The molecule has 0 radical (unpaired) electrons. The minimum atomic E-state index is -0.583. The van der Waals surface area contributed by atoms with Crippen LogP contribution in [-0.2, 0) is 4.74 Å². The maximum atomic E-state index is 12.0. The molecule has 2 N–H and O–H groups in total. The van der Waals surface area contributed by atoms with E-state index in [-0.39, 0.29) is 12.5 Å². The highest BCUT2D eigenvalue weighted by molar-refractivity contribution is 6.31. The van der Waals surface area contributed by atoms with Gasteiger partial charge in [-0.15, -0.1) is 0 Å². The van der Waals surface area contributed by atoms with Crippen molar-refractivity contribution in [3.8, 4) is 0 Å². The summed E-state index contributed by atoms with van der Waals surface area (Å²) in [6.45, 7) is 5.67. The summed E-state index contributed by atoms with van der Waals surface area (Å²) in [5, 5.41) is 13.4. The number of hydrogen-bond donors (Lipinski definition) is 2. The first kappa shape index (κ1) is 16.2. The van der Waals surface area contributed by atoms with E-state index in [1.807, 2.05) is 6.92 Å². The van der Waals surface area contributed by atoms with E-state index in [1.54, 1.807) is 18.2 Å². The fraction of sp³-hybridized carbons (Fsp3) is 0.533. The molecule has 0 spiro atoms. The highest BCUT2D eigenvalue weighted by Gasteiger charge is 2.16. The van der Waals surface area contributed by atoms with E-state index in [9.17, 15) is 9.90 Å². The summed E-state index contributed by atoms with van der Waals surface area (Å²) in [5.41, 5.74) is 1.41. The lowest BCUT2D eigenvalue weighted by Crippen LogP contribution is -2.44. The average Bonchev–Trinajstić information content (AvgIpc) is 2.48. The van der Waals surface area contributed by atoms with Crippen molar-refractivity contribution in [2.75, 3.05) is 39.4 Å². The Morgan fingerprint density at radius 2 is 2.19 bits per heavy atom. The number of carbonyl (C=O) groups excluding carboxylic acids is 1. The first-order valence-electron chi connectivity index (χ1n) is 7.09. The van der Waals surface area contributed by atoms with Crippen LogP contribution in [0.5, 0.6) is 0 Å². The van der Waals surface area contributed by atoms with Crippen LogP contribution in [0.4, 0.5) is 0 Å². The number of rotatable bonds is 5. The van der Waals surface area contributed by atoms with Crippen LogP contribution in [0.1, 0.15) is 15.9 Å². The Bertz CT molecular complexity index is 490. The van der Waals surface area contributed by atoms with Gasteiger partial charge in [0, 0.05) is 36.8 Å². The molecular formula is C15H21ClN2O3. The zero-order valence-corrected chi connectivity index (χ0v) is 12.9. The number of nitrogens with zero attached hydrogens (tertiary/aromatic N) is 1. The molecule has 116 valence electrons. The number of carbonyl (C=O) groups is 1. The summed E-state index contributed by atoms with van der Waals surface area (Å²) in [5.74, 6) is -0.198. The Labute approximate surface area is 129 Å². The number of benzene rings is 1. The molecule has 0 saturated carbocycles. The standard InChI is InChI=1S/C15H21ClN2O3/c1-11-8-12(2-3-14(11)16)15(20)17-9-13(19)10-18-4-6-21-7-5-18/h2-3,8,13,19H,4-7,9-10H2,1H3,(H,17,20)/t13-/m0/s1. The number of ether oxygens (including phenoxy) is 1. The molecule has 5 nitrogen and oxygen atoms in total. The highest BCUT2D eigenvalue weighted by Crippen LogP contribution is 2.16. The van der Waals surface area contributed by atoms with Crippen LogP contribution in [0, 0.1) is 6.92 Å². The van der Waals surface area contributed by atoms with E-state index >= 15 is 0 Å². The largest absolute Gasteiger partial charge is 0.390 e. The second-order valence-electron chi connectivity index (χ2n) is 5.24. The molecule has 0 unspecified atom stereocenters. The Hall–Kier alpha value is -1.14. The monoisotopic (exact) mass is 312 g/mol. The zero-order valence-electron chi connectivity index (χ0n) is 12.1. The third-order valence-electron chi connectivity index (χ3n) is 3.49. The predicted octanol–water partition coefficient (Wildman–Crippen LogP) is 1.07. The van der Waals surface area contributed by atoms with Gasteiger partial charge in [0.2, 0.25) is 0 Å². The van der Waals surface area contributed by atoms with Crippen molar-refractivity contribution < 1.29 is 14.6 Å². The van der Waals surface area contributed by atoms with Gasteiger partial charge in [-0.3, -0.25) is 9.69 Å². The van der Waals surface area contributed by atoms with Gasteiger partial charge in [0.25, 0.3) is 5.91 Å². The molecule has 0 aliphatic carbocycles. The predicted molar refractivity (Wildman–Crippen MR) is 81.8 cm³/mol. The van der Waals surface area contributed by atoms with Crippen LogP contribution >= 0.6 is 11.6 Å². The molecule has 1 aromatic carbocycles. The Morgan fingerprint density at radius 3 is 2.86 bits per heavy atom. The molecule has 1 aromatic rings. The van der Waals surface area contributed by atoms with E-state index in [4.69, 9.17) is 16.3 Å². The van der Waals surface area contributed by atoms with Crippen molar-refractivity contribution in [2.45, 2.75) is 13.0 Å². The molecule has 1 amide bonds. The fourth-order valence-corrected chi connectivity index (χ4v) is 2.36. The Balaban J connectivity index is 1.78.